The Morgan fingerprint density at radius 3 is 3.00 bits per heavy atom. The standard InChI is InChI=1S/C11H15N3S2/c1-2-3-8-16-11(15)14-13-9-10-4-6-12-7-5-10/h4-7,9H,2-3,8H2,1H3,(H,14,15). The molecule has 0 bridgehead atoms. The molecule has 0 aliphatic rings. The van der Waals surface area contributed by atoms with Crippen molar-refractivity contribution in [3.8, 4) is 0 Å². The van der Waals surface area contributed by atoms with Gasteiger partial charge in [-0.1, -0.05) is 37.3 Å². The molecule has 5 heteroatoms. The van der Waals surface area contributed by atoms with Crippen molar-refractivity contribution >= 4 is 34.5 Å². The van der Waals surface area contributed by atoms with Crippen molar-refractivity contribution in [3.05, 3.63) is 30.1 Å². The largest absolute Gasteiger partial charge is 0.265 e. The molecule has 1 aromatic rings. The topological polar surface area (TPSA) is 37.3 Å². The Morgan fingerprint density at radius 2 is 2.31 bits per heavy atom. The number of hydrogen-bond acceptors (Lipinski definition) is 4. The number of rotatable bonds is 5. The van der Waals surface area contributed by atoms with E-state index in [1.807, 2.05) is 12.1 Å². The summed E-state index contributed by atoms with van der Waals surface area (Å²) in [5.41, 5.74) is 3.84. The van der Waals surface area contributed by atoms with Gasteiger partial charge in [-0.15, -0.1) is 0 Å². The third-order valence-corrected chi connectivity index (χ3v) is 3.10. The summed E-state index contributed by atoms with van der Waals surface area (Å²) in [6.07, 6.45) is 7.57. The lowest BCUT2D eigenvalue weighted by Gasteiger charge is -2.00. The van der Waals surface area contributed by atoms with Gasteiger partial charge < -0.3 is 0 Å². The molecule has 1 N–H and O–H groups in total. The van der Waals surface area contributed by atoms with Gasteiger partial charge in [-0.3, -0.25) is 10.4 Å². The first kappa shape index (κ1) is 13.1. The SMILES string of the molecule is CCCCSC(=S)NN=Cc1ccncc1. The lowest BCUT2D eigenvalue weighted by molar-refractivity contribution is 0.897. The van der Waals surface area contributed by atoms with Crippen LogP contribution >= 0.6 is 24.0 Å². The second kappa shape index (κ2) is 8.24. The van der Waals surface area contributed by atoms with Crippen molar-refractivity contribution in [2.24, 2.45) is 5.10 Å². The van der Waals surface area contributed by atoms with Crippen LogP contribution in [-0.4, -0.2) is 21.3 Å². The average molecular weight is 253 g/mol. The minimum absolute atomic E-state index is 0.721. The van der Waals surface area contributed by atoms with Gasteiger partial charge in [0.15, 0.2) is 4.32 Å². The molecule has 86 valence electrons. The van der Waals surface area contributed by atoms with Crippen molar-refractivity contribution in [2.75, 3.05) is 5.75 Å². The molecule has 1 aromatic heterocycles. The number of nitrogens with one attached hydrogen (secondary N) is 1. The Hall–Kier alpha value is -0.940. The molecule has 16 heavy (non-hydrogen) atoms. The Bertz CT molecular complexity index is 338. The molecule has 0 saturated carbocycles. The number of thioether (sulfide) groups is 1. The minimum Gasteiger partial charge on any atom is -0.265 e. The summed E-state index contributed by atoms with van der Waals surface area (Å²) in [7, 11) is 0. The molecule has 0 radical (unpaired) electrons. The van der Waals surface area contributed by atoms with Crippen LogP contribution in [0.2, 0.25) is 0 Å². The van der Waals surface area contributed by atoms with E-state index < -0.39 is 0 Å². The molecule has 0 aliphatic carbocycles. The second-order valence-electron chi connectivity index (χ2n) is 3.14. The molecule has 0 saturated heterocycles. The zero-order chi connectivity index (χ0) is 11.6. The lowest BCUT2D eigenvalue weighted by Crippen LogP contribution is -2.11. The number of hydrogen-bond donors (Lipinski definition) is 1. The number of thiocarbonyl (C=S) groups is 1. The van der Waals surface area contributed by atoms with Crippen LogP contribution in [0.15, 0.2) is 29.6 Å². The molecule has 0 fully saturated rings. The van der Waals surface area contributed by atoms with Crippen LogP contribution in [0.1, 0.15) is 25.3 Å². The number of hydrazone groups is 1. The van der Waals surface area contributed by atoms with Gasteiger partial charge in [-0.05, 0) is 24.1 Å². The molecule has 1 heterocycles. The summed E-state index contributed by atoms with van der Waals surface area (Å²) in [4.78, 5) is 3.93. The van der Waals surface area contributed by atoms with Gasteiger partial charge in [0, 0.05) is 18.1 Å². The molecule has 0 spiro atoms. The fraction of sp³-hybridized carbons (Fsp3) is 0.364. The van der Waals surface area contributed by atoms with Crippen molar-refractivity contribution in [1.82, 2.24) is 10.4 Å². The first-order valence-corrected chi connectivity index (χ1v) is 6.58. The van der Waals surface area contributed by atoms with Crippen LogP contribution in [-0.2, 0) is 0 Å². The molecular weight excluding hydrogens is 238 g/mol. The molecule has 0 atom stereocenters. The number of unbranched alkanes of at least 4 members (excludes halogenated alkanes) is 1. The summed E-state index contributed by atoms with van der Waals surface area (Å²) in [5.74, 6) is 1.05. The highest BCUT2D eigenvalue weighted by atomic mass is 32.2. The van der Waals surface area contributed by atoms with E-state index in [0.717, 1.165) is 15.6 Å². The van der Waals surface area contributed by atoms with Gasteiger partial charge in [0.25, 0.3) is 0 Å². The van der Waals surface area contributed by atoms with Crippen molar-refractivity contribution in [3.63, 3.8) is 0 Å². The molecular formula is C11H15N3S2. The number of pyridine rings is 1. The van der Waals surface area contributed by atoms with Gasteiger partial charge in [0.1, 0.15) is 0 Å². The van der Waals surface area contributed by atoms with E-state index in [-0.39, 0.29) is 0 Å². The van der Waals surface area contributed by atoms with Crippen LogP contribution < -0.4 is 5.43 Å². The molecule has 0 aliphatic heterocycles. The van der Waals surface area contributed by atoms with Crippen LogP contribution in [0.4, 0.5) is 0 Å². The van der Waals surface area contributed by atoms with Crippen LogP contribution in [0, 0.1) is 0 Å². The third-order valence-electron chi connectivity index (χ3n) is 1.81. The summed E-state index contributed by atoms with van der Waals surface area (Å²) in [6.45, 7) is 2.17. The van der Waals surface area contributed by atoms with Gasteiger partial charge in [-0.2, -0.15) is 5.10 Å². The highest BCUT2D eigenvalue weighted by Crippen LogP contribution is 2.05. The zero-order valence-corrected chi connectivity index (χ0v) is 10.9. The summed E-state index contributed by atoms with van der Waals surface area (Å²) >= 11 is 6.74. The fourth-order valence-corrected chi connectivity index (χ4v) is 1.99. The smallest absolute Gasteiger partial charge is 0.154 e. The van der Waals surface area contributed by atoms with E-state index in [9.17, 15) is 0 Å². The quantitative estimate of drug-likeness (QED) is 0.379. The Morgan fingerprint density at radius 1 is 1.56 bits per heavy atom. The molecule has 1 rings (SSSR count). The third kappa shape index (κ3) is 5.82. The Labute approximate surface area is 106 Å². The number of aromatic nitrogens is 1. The van der Waals surface area contributed by atoms with E-state index in [1.165, 1.54) is 12.8 Å². The lowest BCUT2D eigenvalue weighted by atomic mass is 10.3. The van der Waals surface area contributed by atoms with E-state index in [4.69, 9.17) is 12.2 Å². The first-order chi connectivity index (χ1) is 7.83. The van der Waals surface area contributed by atoms with Crippen molar-refractivity contribution < 1.29 is 0 Å². The van der Waals surface area contributed by atoms with Gasteiger partial charge in [0.2, 0.25) is 0 Å². The second-order valence-corrected chi connectivity index (χ2v) is 4.91. The predicted molar refractivity (Wildman–Crippen MR) is 74.9 cm³/mol. The van der Waals surface area contributed by atoms with Crippen LogP contribution in [0.25, 0.3) is 0 Å². The number of nitrogens with zero attached hydrogens (tertiary/aromatic N) is 2. The van der Waals surface area contributed by atoms with Crippen molar-refractivity contribution in [2.45, 2.75) is 19.8 Å². The van der Waals surface area contributed by atoms with Gasteiger partial charge >= 0.3 is 0 Å². The zero-order valence-electron chi connectivity index (χ0n) is 9.22. The normalized spacial score (nSPS) is 10.6. The maximum absolute atomic E-state index is 5.11. The van der Waals surface area contributed by atoms with Crippen LogP contribution in [0.5, 0.6) is 0 Å². The molecule has 0 aromatic carbocycles. The molecule has 0 unspecified atom stereocenters. The molecule has 3 nitrogen and oxygen atoms in total. The van der Waals surface area contributed by atoms with E-state index >= 15 is 0 Å². The maximum atomic E-state index is 5.11. The highest BCUT2D eigenvalue weighted by molar-refractivity contribution is 8.22. The summed E-state index contributed by atoms with van der Waals surface area (Å²) in [6, 6.07) is 3.77. The van der Waals surface area contributed by atoms with E-state index in [1.54, 1.807) is 30.4 Å². The summed E-state index contributed by atoms with van der Waals surface area (Å²) < 4.78 is 0.721. The Balaban J connectivity index is 2.24. The molecule has 0 amide bonds. The first-order valence-electron chi connectivity index (χ1n) is 5.18. The van der Waals surface area contributed by atoms with E-state index in [0.29, 0.717) is 0 Å². The fourth-order valence-electron chi connectivity index (χ4n) is 0.951. The monoisotopic (exact) mass is 253 g/mol. The van der Waals surface area contributed by atoms with Crippen LogP contribution in [0.3, 0.4) is 0 Å². The van der Waals surface area contributed by atoms with Gasteiger partial charge in [-0.25, -0.2) is 0 Å². The van der Waals surface area contributed by atoms with Gasteiger partial charge in [0.05, 0.1) is 6.21 Å². The predicted octanol–water partition coefficient (Wildman–Crippen LogP) is 2.82. The summed E-state index contributed by atoms with van der Waals surface area (Å²) in [5, 5.41) is 4.06. The average Bonchev–Trinajstić information content (AvgIpc) is 2.31. The Kier molecular flexibility index (Phi) is 6.76. The van der Waals surface area contributed by atoms with Crippen molar-refractivity contribution in [1.29, 1.82) is 0 Å². The maximum Gasteiger partial charge on any atom is 0.154 e. The highest BCUT2D eigenvalue weighted by Gasteiger charge is 1.93. The van der Waals surface area contributed by atoms with E-state index in [2.05, 4.69) is 22.4 Å². The minimum atomic E-state index is 0.721.